The Morgan fingerprint density at radius 1 is 1.39 bits per heavy atom. The summed E-state index contributed by atoms with van der Waals surface area (Å²) < 4.78 is 0. The number of hydrogen-bond acceptors (Lipinski definition) is 2. The topological polar surface area (TPSA) is 70.9 Å². The number of nitrogens with two attached hydrogens (primary N) is 1. The number of aromatic amines is 1. The van der Waals surface area contributed by atoms with Crippen molar-refractivity contribution in [3.63, 3.8) is 0 Å². The van der Waals surface area contributed by atoms with E-state index in [0.29, 0.717) is 12.3 Å². The average Bonchev–Trinajstić information content (AvgIpc) is 2.75. The van der Waals surface area contributed by atoms with Gasteiger partial charge in [-0.15, -0.1) is 0 Å². The van der Waals surface area contributed by atoms with Crippen molar-refractivity contribution in [3.05, 3.63) is 30.5 Å². The van der Waals surface area contributed by atoms with Crippen LogP contribution in [0, 0.1) is 5.92 Å². The number of fused-ring (bicyclic) bond motifs is 1. The van der Waals surface area contributed by atoms with Crippen LogP contribution in [0.3, 0.4) is 0 Å². The van der Waals surface area contributed by atoms with Crippen molar-refractivity contribution in [2.24, 2.45) is 11.7 Å². The standard InChI is InChI=1S/C14H19N3O/c1-9(2)7-12(15)14(18)17-11-3-4-13-10(8-11)5-6-16-13/h3-6,8-9,12,16H,7,15H2,1-2H3,(H,17,18)/t12-/m0/s1. The average molecular weight is 245 g/mol. The number of carbonyl (C=O) groups excluding carboxylic acids is 1. The number of amides is 1. The molecule has 0 fully saturated rings. The number of rotatable bonds is 4. The van der Waals surface area contributed by atoms with Crippen LogP contribution in [0.15, 0.2) is 30.5 Å². The fraction of sp³-hybridized carbons (Fsp3) is 0.357. The Morgan fingerprint density at radius 2 is 2.17 bits per heavy atom. The van der Waals surface area contributed by atoms with E-state index in [1.165, 1.54) is 0 Å². The molecule has 1 heterocycles. The van der Waals surface area contributed by atoms with Gasteiger partial charge in [0.05, 0.1) is 6.04 Å². The molecule has 18 heavy (non-hydrogen) atoms. The summed E-state index contributed by atoms with van der Waals surface area (Å²) in [7, 11) is 0. The third-order valence-electron chi connectivity index (χ3n) is 2.88. The molecule has 2 rings (SSSR count). The lowest BCUT2D eigenvalue weighted by Crippen LogP contribution is -2.36. The minimum atomic E-state index is -0.452. The smallest absolute Gasteiger partial charge is 0.241 e. The van der Waals surface area contributed by atoms with Crippen LogP contribution in [0.1, 0.15) is 20.3 Å². The molecule has 0 radical (unpaired) electrons. The van der Waals surface area contributed by atoms with Crippen LogP contribution in [-0.4, -0.2) is 16.9 Å². The van der Waals surface area contributed by atoms with Crippen molar-refractivity contribution in [3.8, 4) is 0 Å². The van der Waals surface area contributed by atoms with E-state index in [1.54, 1.807) is 0 Å². The molecule has 0 saturated heterocycles. The van der Waals surface area contributed by atoms with E-state index in [2.05, 4.69) is 24.1 Å². The normalized spacial score (nSPS) is 12.9. The molecule has 2 aromatic rings. The second kappa shape index (κ2) is 5.23. The summed E-state index contributed by atoms with van der Waals surface area (Å²) in [5.74, 6) is 0.288. The Morgan fingerprint density at radius 3 is 2.89 bits per heavy atom. The summed E-state index contributed by atoms with van der Waals surface area (Å²) in [6, 6.07) is 7.27. The van der Waals surface area contributed by atoms with E-state index < -0.39 is 6.04 Å². The molecule has 1 atom stereocenters. The van der Waals surface area contributed by atoms with Gasteiger partial charge in [0.1, 0.15) is 0 Å². The molecule has 4 N–H and O–H groups in total. The molecule has 0 bridgehead atoms. The van der Waals surface area contributed by atoms with Crippen molar-refractivity contribution < 1.29 is 4.79 Å². The SMILES string of the molecule is CC(C)C[C@H](N)C(=O)Nc1ccc2[nH]ccc2c1. The molecule has 0 saturated carbocycles. The highest BCUT2D eigenvalue weighted by atomic mass is 16.2. The molecule has 4 nitrogen and oxygen atoms in total. The Balaban J connectivity index is 2.06. The summed E-state index contributed by atoms with van der Waals surface area (Å²) in [4.78, 5) is 15.0. The maximum Gasteiger partial charge on any atom is 0.241 e. The van der Waals surface area contributed by atoms with Gasteiger partial charge in [-0.1, -0.05) is 13.8 Å². The molecule has 1 aromatic heterocycles. The number of carbonyl (C=O) groups is 1. The van der Waals surface area contributed by atoms with Gasteiger partial charge in [-0.2, -0.15) is 0 Å². The van der Waals surface area contributed by atoms with Crippen molar-refractivity contribution in [2.45, 2.75) is 26.3 Å². The zero-order chi connectivity index (χ0) is 13.1. The zero-order valence-electron chi connectivity index (χ0n) is 10.7. The van der Waals surface area contributed by atoms with Gasteiger partial charge in [-0.25, -0.2) is 0 Å². The van der Waals surface area contributed by atoms with Crippen molar-refractivity contribution in [2.75, 3.05) is 5.32 Å². The number of benzene rings is 1. The highest BCUT2D eigenvalue weighted by Crippen LogP contribution is 2.18. The molecule has 0 aliphatic carbocycles. The van der Waals surface area contributed by atoms with Crippen LogP contribution in [-0.2, 0) is 4.79 Å². The molecular weight excluding hydrogens is 226 g/mol. The minimum Gasteiger partial charge on any atom is -0.361 e. The van der Waals surface area contributed by atoms with Gasteiger partial charge in [0.2, 0.25) is 5.91 Å². The van der Waals surface area contributed by atoms with Gasteiger partial charge in [0.25, 0.3) is 0 Å². The Kier molecular flexibility index (Phi) is 3.67. The van der Waals surface area contributed by atoms with Crippen LogP contribution >= 0.6 is 0 Å². The summed E-state index contributed by atoms with van der Waals surface area (Å²) in [6.07, 6.45) is 2.57. The third kappa shape index (κ3) is 2.90. The van der Waals surface area contributed by atoms with Crippen LogP contribution in [0.2, 0.25) is 0 Å². The first-order valence-corrected chi connectivity index (χ1v) is 6.20. The number of nitrogens with one attached hydrogen (secondary N) is 2. The van der Waals surface area contributed by atoms with Gasteiger partial charge in [-0.05, 0) is 36.6 Å². The lowest BCUT2D eigenvalue weighted by molar-refractivity contribution is -0.117. The largest absolute Gasteiger partial charge is 0.361 e. The second-order valence-electron chi connectivity index (χ2n) is 5.00. The predicted molar refractivity (Wildman–Crippen MR) is 74.4 cm³/mol. The molecule has 0 unspecified atom stereocenters. The maximum absolute atomic E-state index is 11.9. The molecule has 0 aliphatic rings. The third-order valence-corrected chi connectivity index (χ3v) is 2.88. The van der Waals surface area contributed by atoms with Gasteiger partial charge in [0.15, 0.2) is 0 Å². The van der Waals surface area contributed by atoms with E-state index in [9.17, 15) is 4.79 Å². The number of anilines is 1. The fourth-order valence-corrected chi connectivity index (χ4v) is 1.98. The summed E-state index contributed by atoms with van der Waals surface area (Å²) >= 11 is 0. The number of H-pyrrole nitrogens is 1. The summed E-state index contributed by atoms with van der Waals surface area (Å²) in [5, 5.41) is 3.93. The lowest BCUT2D eigenvalue weighted by Gasteiger charge is -2.14. The van der Waals surface area contributed by atoms with Crippen LogP contribution in [0.4, 0.5) is 5.69 Å². The lowest BCUT2D eigenvalue weighted by atomic mass is 10.0. The van der Waals surface area contributed by atoms with Crippen LogP contribution < -0.4 is 11.1 Å². The van der Waals surface area contributed by atoms with E-state index in [0.717, 1.165) is 16.6 Å². The quantitative estimate of drug-likeness (QED) is 0.774. The Labute approximate surface area is 107 Å². The molecule has 4 heteroatoms. The number of aromatic nitrogens is 1. The first-order valence-electron chi connectivity index (χ1n) is 6.20. The highest BCUT2D eigenvalue weighted by molar-refractivity contribution is 5.96. The van der Waals surface area contributed by atoms with Crippen molar-refractivity contribution in [1.29, 1.82) is 0 Å². The minimum absolute atomic E-state index is 0.126. The zero-order valence-corrected chi connectivity index (χ0v) is 10.7. The highest BCUT2D eigenvalue weighted by Gasteiger charge is 2.15. The van der Waals surface area contributed by atoms with E-state index >= 15 is 0 Å². The molecule has 0 aliphatic heterocycles. The second-order valence-corrected chi connectivity index (χ2v) is 5.00. The summed E-state index contributed by atoms with van der Waals surface area (Å²) in [5.41, 5.74) is 7.68. The first-order chi connectivity index (χ1) is 8.56. The van der Waals surface area contributed by atoms with E-state index in [-0.39, 0.29) is 5.91 Å². The van der Waals surface area contributed by atoms with Crippen molar-refractivity contribution in [1.82, 2.24) is 4.98 Å². The molecule has 96 valence electrons. The monoisotopic (exact) mass is 245 g/mol. The Bertz CT molecular complexity index is 545. The van der Waals surface area contributed by atoms with Crippen molar-refractivity contribution >= 4 is 22.5 Å². The van der Waals surface area contributed by atoms with Gasteiger partial charge in [0, 0.05) is 22.8 Å². The van der Waals surface area contributed by atoms with Crippen LogP contribution in [0.5, 0.6) is 0 Å². The maximum atomic E-state index is 11.9. The van der Waals surface area contributed by atoms with E-state index in [4.69, 9.17) is 5.73 Å². The first kappa shape index (κ1) is 12.6. The molecule has 1 aromatic carbocycles. The Hall–Kier alpha value is -1.81. The number of hydrogen-bond donors (Lipinski definition) is 3. The van der Waals surface area contributed by atoms with Crippen LogP contribution in [0.25, 0.3) is 10.9 Å². The predicted octanol–water partition coefficient (Wildman–Crippen LogP) is 2.48. The molecule has 1 amide bonds. The fourth-order valence-electron chi connectivity index (χ4n) is 1.98. The molecular formula is C14H19N3O. The van der Waals surface area contributed by atoms with Gasteiger partial charge in [-0.3, -0.25) is 4.79 Å². The summed E-state index contributed by atoms with van der Waals surface area (Å²) in [6.45, 7) is 4.11. The van der Waals surface area contributed by atoms with Gasteiger partial charge < -0.3 is 16.0 Å². The van der Waals surface area contributed by atoms with Gasteiger partial charge >= 0.3 is 0 Å². The van der Waals surface area contributed by atoms with E-state index in [1.807, 2.05) is 30.5 Å². The molecule has 0 spiro atoms.